The third-order valence-electron chi connectivity index (χ3n) is 1.52. The fourth-order valence-electron chi connectivity index (χ4n) is 0.942. The Morgan fingerprint density at radius 3 is 2.27 bits per heavy atom. The van der Waals surface area contributed by atoms with Crippen LogP contribution in [0, 0.1) is 0 Å². The third-order valence-corrected chi connectivity index (χ3v) is 1.52. The largest absolute Gasteiger partial charge is 0.480 e. The van der Waals surface area contributed by atoms with Gasteiger partial charge in [0.25, 0.3) is 0 Å². The average Bonchev–Trinajstić information content (AvgIpc) is 1.95. The molecule has 0 aliphatic carbocycles. The van der Waals surface area contributed by atoms with Gasteiger partial charge < -0.3 is 5.11 Å². The van der Waals surface area contributed by atoms with E-state index in [0.717, 1.165) is 10.5 Å². The van der Waals surface area contributed by atoms with Gasteiger partial charge >= 0.3 is 12.1 Å². The Morgan fingerprint density at radius 2 is 1.93 bits per heavy atom. The van der Waals surface area contributed by atoms with E-state index in [4.69, 9.17) is 5.11 Å². The molecule has 0 bridgehead atoms. The predicted octanol–water partition coefficient (Wildman–Crippen LogP) is 1.90. The number of aliphatic carboxylic acids is 1. The van der Waals surface area contributed by atoms with Crippen molar-refractivity contribution in [3.63, 3.8) is 0 Å². The van der Waals surface area contributed by atoms with Gasteiger partial charge in [0.2, 0.25) is 0 Å². The number of rotatable bonds is 5. The Hall–Kier alpha value is -1.04. The number of halogens is 3. The molecular weight excluding hydrogens is 211 g/mol. The second kappa shape index (κ2) is 5.75. The molecule has 0 fully saturated rings. The van der Waals surface area contributed by atoms with Crippen molar-refractivity contribution in [2.45, 2.75) is 20.0 Å². The molecule has 3 nitrogen and oxygen atoms in total. The summed E-state index contributed by atoms with van der Waals surface area (Å²) in [6.07, 6.45) is -2.81. The maximum Gasteiger partial charge on any atom is 0.401 e. The molecule has 0 atom stereocenters. The molecule has 0 radical (unpaired) electrons. The smallest absolute Gasteiger partial charge is 0.401 e. The van der Waals surface area contributed by atoms with Crippen molar-refractivity contribution >= 4 is 5.97 Å². The summed E-state index contributed by atoms with van der Waals surface area (Å²) in [6, 6.07) is 0. The average molecular weight is 225 g/mol. The summed E-state index contributed by atoms with van der Waals surface area (Å²) in [5.74, 6) is -1.26. The van der Waals surface area contributed by atoms with Crippen LogP contribution in [0.3, 0.4) is 0 Å². The van der Waals surface area contributed by atoms with E-state index in [0.29, 0.717) is 0 Å². The molecule has 0 spiro atoms. The first-order valence-electron chi connectivity index (χ1n) is 4.35. The lowest BCUT2D eigenvalue weighted by Gasteiger charge is -2.20. The van der Waals surface area contributed by atoms with Crippen LogP contribution >= 0.6 is 0 Å². The van der Waals surface area contributed by atoms with Gasteiger partial charge in [-0.05, 0) is 13.8 Å². The third kappa shape index (κ3) is 9.27. The first-order valence-corrected chi connectivity index (χ1v) is 4.35. The topological polar surface area (TPSA) is 40.5 Å². The van der Waals surface area contributed by atoms with E-state index in [9.17, 15) is 18.0 Å². The zero-order valence-electron chi connectivity index (χ0n) is 8.64. The Morgan fingerprint density at radius 1 is 1.40 bits per heavy atom. The van der Waals surface area contributed by atoms with Crippen LogP contribution in [0.2, 0.25) is 0 Å². The highest BCUT2D eigenvalue weighted by Crippen LogP contribution is 2.16. The van der Waals surface area contributed by atoms with Gasteiger partial charge in [-0.3, -0.25) is 9.69 Å². The zero-order chi connectivity index (χ0) is 12.1. The van der Waals surface area contributed by atoms with Crippen molar-refractivity contribution in [3.8, 4) is 0 Å². The second-order valence-corrected chi connectivity index (χ2v) is 3.46. The molecule has 0 rings (SSSR count). The van der Waals surface area contributed by atoms with Gasteiger partial charge in [0.05, 0.1) is 13.1 Å². The number of carbonyl (C=O) groups is 1. The van der Waals surface area contributed by atoms with Crippen LogP contribution in [-0.2, 0) is 4.79 Å². The number of carboxylic acids is 1. The van der Waals surface area contributed by atoms with E-state index >= 15 is 0 Å². The zero-order valence-corrected chi connectivity index (χ0v) is 8.64. The van der Waals surface area contributed by atoms with Gasteiger partial charge in [-0.15, -0.1) is 0 Å². The molecule has 1 N–H and O–H groups in total. The fourth-order valence-corrected chi connectivity index (χ4v) is 0.942. The van der Waals surface area contributed by atoms with E-state index in [1.54, 1.807) is 19.9 Å². The minimum atomic E-state index is -4.37. The van der Waals surface area contributed by atoms with Crippen molar-refractivity contribution in [1.82, 2.24) is 4.90 Å². The van der Waals surface area contributed by atoms with Crippen molar-refractivity contribution in [3.05, 3.63) is 11.6 Å². The maximum absolute atomic E-state index is 12.0. The van der Waals surface area contributed by atoms with Gasteiger partial charge in [-0.2, -0.15) is 13.2 Å². The molecule has 0 unspecified atom stereocenters. The van der Waals surface area contributed by atoms with E-state index < -0.39 is 25.2 Å². The molecule has 15 heavy (non-hydrogen) atoms. The summed E-state index contributed by atoms with van der Waals surface area (Å²) in [5, 5.41) is 8.42. The summed E-state index contributed by atoms with van der Waals surface area (Å²) in [5.41, 5.74) is 0.854. The van der Waals surface area contributed by atoms with Crippen LogP contribution < -0.4 is 0 Å². The van der Waals surface area contributed by atoms with Gasteiger partial charge in [0.15, 0.2) is 0 Å². The minimum absolute atomic E-state index is 0.00581. The van der Waals surface area contributed by atoms with Crippen molar-refractivity contribution in [1.29, 1.82) is 0 Å². The molecule has 0 saturated carbocycles. The van der Waals surface area contributed by atoms with Gasteiger partial charge in [0, 0.05) is 6.54 Å². The Balaban J connectivity index is 4.31. The number of hydrogen-bond donors (Lipinski definition) is 1. The highest BCUT2D eigenvalue weighted by Gasteiger charge is 2.30. The van der Waals surface area contributed by atoms with Crippen molar-refractivity contribution in [2.75, 3.05) is 19.6 Å². The molecule has 0 heterocycles. The maximum atomic E-state index is 12.0. The molecule has 0 amide bonds. The van der Waals surface area contributed by atoms with E-state index in [1.807, 2.05) is 0 Å². The molecule has 0 aromatic rings. The lowest BCUT2D eigenvalue weighted by Crippen LogP contribution is -2.38. The van der Waals surface area contributed by atoms with Crippen LogP contribution in [-0.4, -0.2) is 41.8 Å². The first-order chi connectivity index (χ1) is 6.70. The number of alkyl halides is 3. The fraction of sp³-hybridized carbons (Fsp3) is 0.667. The van der Waals surface area contributed by atoms with Crippen LogP contribution in [0.15, 0.2) is 11.6 Å². The summed E-state index contributed by atoms with van der Waals surface area (Å²) in [6.45, 7) is 1.67. The molecular formula is C9H14F3NO2. The van der Waals surface area contributed by atoms with Gasteiger partial charge in [0.1, 0.15) is 0 Å². The summed E-state index contributed by atoms with van der Waals surface area (Å²) in [4.78, 5) is 11.1. The lowest BCUT2D eigenvalue weighted by atomic mass is 10.3. The summed E-state index contributed by atoms with van der Waals surface area (Å²) < 4.78 is 36.1. The minimum Gasteiger partial charge on any atom is -0.480 e. The SMILES string of the molecule is CC(C)=CCN(CC(=O)O)CC(F)(F)F. The first kappa shape index (κ1) is 14.0. The molecule has 6 heteroatoms. The molecule has 0 aromatic carbocycles. The molecule has 0 aliphatic heterocycles. The van der Waals surface area contributed by atoms with Crippen molar-refractivity contribution in [2.24, 2.45) is 0 Å². The highest BCUT2D eigenvalue weighted by molar-refractivity contribution is 5.69. The molecule has 0 aliphatic rings. The number of hydrogen-bond acceptors (Lipinski definition) is 2. The Labute approximate surface area is 86.2 Å². The highest BCUT2D eigenvalue weighted by atomic mass is 19.4. The van der Waals surface area contributed by atoms with Crippen LogP contribution in [0.5, 0.6) is 0 Å². The normalized spacial score (nSPS) is 11.6. The van der Waals surface area contributed by atoms with Crippen LogP contribution in [0.4, 0.5) is 13.2 Å². The predicted molar refractivity (Wildman–Crippen MR) is 49.6 cm³/mol. The van der Waals surface area contributed by atoms with Gasteiger partial charge in [-0.1, -0.05) is 11.6 Å². The molecule has 88 valence electrons. The number of allylic oxidation sites excluding steroid dienone is 1. The quantitative estimate of drug-likeness (QED) is 0.726. The second-order valence-electron chi connectivity index (χ2n) is 3.46. The van der Waals surface area contributed by atoms with E-state index in [1.165, 1.54) is 0 Å². The standard InChI is InChI=1S/C9H14F3NO2/c1-7(2)3-4-13(5-8(14)15)6-9(10,11)12/h3H,4-6H2,1-2H3,(H,14,15). The molecule has 0 aromatic heterocycles. The number of carboxylic acid groups (broad SMARTS) is 1. The van der Waals surface area contributed by atoms with Gasteiger partial charge in [-0.25, -0.2) is 0 Å². The molecule has 0 saturated heterocycles. The summed E-state index contributed by atoms with van der Waals surface area (Å²) >= 11 is 0. The van der Waals surface area contributed by atoms with Crippen molar-refractivity contribution < 1.29 is 23.1 Å². The van der Waals surface area contributed by atoms with Crippen LogP contribution in [0.1, 0.15) is 13.8 Å². The Kier molecular flexibility index (Phi) is 5.35. The number of nitrogens with zero attached hydrogens (tertiary/aromatic N) is 1. The Bertz CT molecular complexity index is 244. The van der Waals surface area contributed by atoms with Crippen LogP contribution in [0.25, 0.3) is 0 Å². The monoisotopic (exact) mass is 225 g/mol. The van der Waals surface area contributed by atoms with E-state index in [2.05, 4.69) is 0 Å². The van der Waals surface area contributed by atoms with E-state index in [-0.39, 0.29) is 6.54 Å². The lowest BCUT2D eigenvalue weighted by molar-refractivity contribution is -0.152. The summed E-state index contributed by atoms with van der Waals surface area (Å²) in [7, 11) is 0.